The lowest BCUT2D eigenvalue weighted by Gasteiger charge is -2.23. The Morgan fingerprint density at radius 2 is 1.72 bits per heavy atom. The molecule has 0 unspecified atom stereocenters. The fourth-order valence-corrected chi connectivity index (χ4v) is 3.80. The van der Waals surface area contributed by atoms with Gasteiger partial charge >= 0.3 is 12.1 Å². The van der Waals surface area contributed by atoms with Crippen molar-refractivity contribution >= 4 is 17.7 Å². The summed E-state index contributed by atoms with van der Waals surface area (Å²) in [6, 6.07) is 12.4. The first-order valence-electron chi connectivity index (χ1n) is 9.73. The topological polar surface area (TPSA) is 59.4 Å². The van der Waals surface area contributed by atoms with E-state index in [0.29, 0.717) is 17.1 Å². The molecule has 4 nitrogen and oxygen atoms in total. The van der Waals surface area contributed by atoms with Gasteiger partial charge in [0.2, 0.25) is 0 Å². The Hall–Kier alpha value is -3.00. The second-order valence-corrected chi connectivity index (χ2v) is 8.84. The van der Waals surface area contributed by atoms with Crippen molar-refractivity contribution in [1.82, 2.24) is 4.98 Å². The lowest BCUT2D eigenvalue weighted by molar-refractivity contribution is -0.152. The zero-order chi connectivity index (χ0) is 23.5. The standard InChI is InChI=1S/C24H22F3NO3S/c1-15-10-20(8-9-21(15)31-23(2,3)22(29)30)32-14-16-11-18(13-28-12-16)17-4-6-19(7-5-17)24(25,26)27/h4-13H,14H2,1-3H3,(H,29,30). The summed E-state index contributed by atoms with van der Waals surface area (Å²) in [6.45, 7) is 4.84. The van der Waals surface area contributed by atoms with Crippen LogP contribution in [0.3, 0.4) is 0 Å². The number of rotatable bonds is 7. The molecule has 0 saturated heterocycles. The summed E-state index contributed by atoms with van der Waals surface area (Å²) in [4.78, 5) is 16.5. The summed E-state index contributed by atoms with van der Waals surface area (Å²) in [5.74, 6) is 0.0744. The number of alkyl halides is 3. The van der Waals surface area contributed by atoms with Crippen LogP contribution in [0, 0.1) is 6.92 Å². The SMILES string of the molecule is Cc1cc(SCc2cncc(-c3ccc(C(F)(F)F)cc3)c2)ccc1OC(C)(C)C(=O)O. The first-order chi connectivity index (χ1) is 15.0. The van der Waals surface area contributed by atoms with Crippen LogP contribution in [0.5, 0.6) is 5.75 Å². The molecular weight excluding hydrogens is 439 g/mol. The van der Waals surface area contributed by atoms with E-state index in [2.05, 4.69) is 4.98 Å². The van der Waals surface area contributed by atoms with Gasteiger partial charge in [0.05, 0.1) is 5.56 Å². The summed E-state index contributed by atoms with van der Waals surface area (Å²) in [5, 5.41) is 9.23. The van der Waals surface area contributed by atoms with Gasteiger partial charge in [-0.2, -0.15) is 13.2 Å². The minimum atomic E-state index is -4.36. The Balaban J connectivity index is 1.69. The molecule has 2 aromatic carbocycles. The van der Waals surface area contributed by atoms with Gasteiger partial charge in [-0.3, -0.25) is 4.98 Å². The molecule has 0 atom stereocenters. The van der Waals surface area contributed by atoms with Gasteiger partial charge in [0.25, 0.3) is 0 Å². The number of pyridine rings is 1. The lowest BCUT2D eigenvalue weighted by Crippen LogP contribution is -2.38. The van der Waals surface area contributed by atoms with Crippen LogP contribution in [0.25, 0.3) is 11.1 Å². The number of aliphatic carboxylic acids is 1. The molecule has 1 aromatic heterocycles. The minimum Gasteiger partial charge on any atom is -0.478 e. The number of carboxylic acid groups (broad SMARTS) is 1. The molecule has 0 radical (unpaired) electrons. The Labute approximate surface area is 188 Å². The number of benzene rings is 2. The van der Waals surface area contributed by atoms with Crippen molar-refractivity contribution in [1.29, 1.82) is 0 Å². The quantitative estimate of drug-likeness (QED) is 0.401. The zero-order valence-corrected chi connectivity index (χ0v) is 18.6. The van der Waals surface area contributed by atoms with Crippen LogP contribution in [0.4, 0.5) is 13.2 Å². The van der Waals surface area contributed by atoms with Crippen LogP contribution < -0.4 is 4.74 Å². The van der Waals surface area contributed by atoms with Gasteiger partial charge in [0.1, 0.15) is 5.75 Å². The minimum absolute atomic E-state index is 0.507. The average molecular weight is 462 g/mol. The van der Waals surface area contributed by atoms with E-state index < -0.39 is 23.3 Å². The Morgan fingerprint density at radius 3 is 2.31 bits per heavy atom. The molecular formula is C24H22F3NO3S. The van der Waals surface area contributed by atoms with Crippen LogP contribution >= 0.6 is 11.8 Å². The van der Waals surface area contributed by atoms with E-state index in [0.717, 1.165) is 33.7 Å². The lowest BCUT2D eigenvalue weighted by atomic mass is 10.0. The van der Waals surface area contributed by atoms with E-state index in [9.17, 15) is 23.1 Å². The maximum absolute atomic E-state index is 12.8. The van der Waals surface area contributed by atoms with E-state index >= 15 is 0 Å². The molecule has 168 valence electrons. The third kappa shape index (κ3) is 5.82. The second-order valence-electron chi connectivity index (χ2n) is 7.79. The highest BCUT2D eigenvalue weighted by Gasteiger charge is 2.30. The molecule has 1 N–H and O–H groups in total. The fraction of sp³-hybridized carbons (Fsp3) is 0.250. The van der Waals surface area contributed by atoms with Crippen molar-refractivity contribution in [3.63, 3.8) is 0 Å². The predicted octanol–water partition coefficient (Wildman–Crippen LogP) is 6.61. The maximum Gasteiger partial charge on any atom is 0.416 e. The Bertz CT molecular complexity index is 1110. The highest BCUT2D eigenvalue weighted by molar-refractivity contribution is 7.98. The van der Waals surface area contributed by atoms with Crippen molar-refractivity contribution in [3.05, 3.63) is 77.6 Å². The predicted molar refractivity (Wildman–Crippen MR) is 118 cm³/mol. The van der Waals surface area contributed by atoms with Crippen LogP contribution in [0.15, 0.2) is 65.8 Å². The molecule has 0 spiro atoms. The second kappa shape index (κ2) is 9.24. The molecule has 3 rings (SSSR count). The summed E-state index contributed by atoms with van der Waals surface area (Å²) >= 11 is 1.57. The summed E-state index contributed by atoms with van der Waals surface area (Å²) < 4.78 is 43.9. The molecule has 0 aliphatic heterocycles. The van der Waals surface area contributed by atoms with Crippen molar-refractivity contribution in [2.24, 2.45) is 0 Å². The largest absolute Gasteiger partial charge is 0.478 e. The smallest absolute Gasteiger partial charge is 0.416 e. The van der Waals surface area contributed by atoms with Crippen molar-refractivity contribution in [3.8, 4) is 16.9 Å². The van der Waals surface area contributed by atoms with Gasteiger partial charge < -0.3 is 9.84 Å². The van der Waals surface area contributed by atoms with E-state index in [-0.39, 0.29) is 0 Å². The molecule has 0 fully saturated rings. The van der Waals surface area contributed by atoms with Crippen LogP contribution in [0.1, 0.15) is 30.5 Å². The van der Waals surface area contributed by atoms with Gasteiger partial charge in [-0.1, -0.05) is 12.1 Å². The molecule has 0 bridgehead atoms. The molecule has 32 heavy (non-hydrogen) atoms. The van der Waals surface area contributed by atoms with Crippen molar-refractivity contribution < 1.29 is 27.8 Å². The van der Waals surface area contributed by atoms with E-state index in [1.165, 1.54) is 26.0 Å². The molecule has 0 amide bonds. The third-order valence-electron chi connectivity index (χ3n) is 4.77. The number of ether oxygens (including phenoxy) is 1. The molecule has 0 aliphatic carbocycles. The number of aromatic nitrogens is 1. The zero-order valence-electron chi connectivity index (χ0n) is 17.7. The number of carbonyl (C=O) groups is 1. The van der Waals surface area contributed by atoms with E-state index in [4.69, 9.17) is 4.74 Å². The Kier molecular flexibility index (Phi) is 6.83. The first kappa shape index (κ1) is 23.7. The van der Waals surface area contributed by atoms with Crippen molar-refractivity contribution in [2.75, 3.05) is 0 Å². The molecule has 1 heterocycles. The van der Waals surface area contributed by atoms with Gasteiger partial charge in [0.15, 0.2) is 5.60 Å². The number of hydrogen-bond acceptors (Lipinski definition) is 4. The van der Waals surface area contributed by atoms with Gasteiger partial charge in [-0.25, -0.2) is 4.79 Å². The molecule has 0 aliphatic rings. The third-order valence-corrected chi connectivity index (χ3v) is 5.84. The van der Waals surface area contributed by atoms with Crippen LogP contribution in [-0.2, 0) is 16.7 Å². The van der Waals surface area contributed by atoms with E-state index in [1.54, 1.807) is 30.2 Å². The number of nitrogens with zero attached hydrogens (tertiary/aromatic N) is 1. The number of aryl methyl sites for hydroxylation is 1. The normalized spacial score (nSPS) is 11.9. The highest BCUT2D eigenvalue weighted by atomic mass is 32.2. The average Bonchev–Trinajstić information content (AvgIpc) is 2.73. The molecule has 8 heteroatoms. The van der Waals surface area contributed by atoms with E-state index in [1.807, 2.05) is 25.1 Å². The van der Waals surface area contributed by atoms with Gasteiger partial charge in [0, 0.05) is 28.6 Å². The summed E-state index contributed by atoms with van der Waals surface area (Å²) in [6.07, 6.45) is -1.02. The monoisotopic (exact) mass is 461 g/mol. The number of carboxylic acids is 1. The number of thioether (sulfide) groups is 1. The molecule has 3 aromatic rings. The van der Waals surface area contributed by atoms with Gasteiger partial charge in [-0.15, -0.1) is 11.8 Å². The fourth-order valence-electron chi connectivity index (χ4n) is 2.89. The van der Waals surface area contributed by atoms with Crippen molar-refractivity contribution in [2.45, 2.75) is 43.2 Å². The summed E-state index contributed by atoms with van der Waals surface area (Å²) in [7, 11) is 0. The maximum atomic E-state index is 12.8. The molecule has 0 saturated carbocycles. The number of halogens is 3. The number of hydrogen-bond donors (Lipinski definition) is 1. The van der Waals surface area contributed by atoms with Gasteiger partial charge in [-0.05, 0) is 73.9 Å². The summed E-state index contributed by atoms with van der Waals surface area (Å²) in [5.41, 5.74) is 1.14. The van der Waals surface area contributed by atoms with Crippen LogP contribution in [0.2, 0.25) is 0 Å². The highest BCUT2D eigenvalue weighted by Crippen LogP contribution is 2.32. The Morgan fingerprint density at radius 1 is 1.03 bits per heavy atom. The van der Waals surface area contributed by atoms with Crippen LogP contribution in [-0.4, -0.2) is 21.7 Å². The first-order valence-corrected chi connectivity index (χ1v) is 10.7.